The molecule has 0 saturated heterocycles. The zero-order valence-electron chi connectivity index (χ0n) is 41.3. The van der Waals surface area contributed by atoms with Crippen LogP contribution in [-0.2, 0) is 10.8 Å². The summed E-state index contributed by atoms with van der Waals surface area (Å²) < 4.78 is 0. The maximum absolute atomic E-state index is 2.65. The van der Waals surface area contributed by atoms with Gasteiger partial charge in [-0.05, 0) is 167 Å². The third-order valence-electron chi connectivity index (χ3n) is 17.1. The Kier molecular flexibility index (Phi) is 8.94. The van der Waals surface area contributed by atoms with Gasteiger partial charge in [0, 0.05) is 10.8 Å². The monoisotopic (exact) mass is 922 g/mol. The molecule has 3 aliphatic rings. The van der Waals surface area contributed by atoms with E-state index in [1.54, 1.807) is 0 Å². The minimum absolute atomic E-state index is 0.124. The van der Waals surface area contributed by atoms with Crippen molar-refractivity contribution in [2.75, 3.05) is 0 Å². The average Bonchev–Trinajstić information content (AvgIpc) is 3.88. The lowest BCUT2D eigenvalue weighted by Gasteiger charge is -2.25. The highest BCUT2D eigenvalue weighted by atomic mass is 28.3. The molecule has 0 fully saturated rings. The van der Waals surface area contributed by atoms with Crippen LogP contribution in [-0.4, -0.2) is 8.07 Å². The van der Waals surface area contributed by atoms with Gasteiger partial charge in [0.25, 0.3) is 0 Å². The molecule has 14 rings (SSSR count). The second kappa shape index (κ2) is 15.1. The number of benzene rings is 11. The minimum atomic E-state index is -2.06. The Morgan fingerprint density at radius 2 is 0.648 bits per heavy atom. The molecule has 0 radical (unpaired) electrons. The van der Waals surface area contributed by atoms with E-state index in [0.29, 0.717) is 0 Å². The van der Waals surface area contributed by atoms with Crippen LogP contribution in [0.4, 0.5) is 0 Å². The normalized spacial score (nSPS) is 15.0. The van der Waals surface area contributed by atoms with E-state index in [2.05, 4.69) is 259 Å². The largest absolute Gasteiger partial charge is 0.113 e. The van der Waals surface area contributed by atoms with Crippen molar-refractivity contribution in [2.24, 2.45) is 0 Å². The van der Waals surface area contributed by atoms with Gasteiger partial charge in [0.1, 0.15) is 8.07 Å². The Labute approximate surface area is 419 Å². The summed E-state index contributed by atoms with van der Waals surface area (Å²) >= 11 is 0. The van der Waals surface area contributed by atoms with Crippen LogP contribution in [0.15, 0.2) is 218 Å². The molecule has 1 heterocycles. The molecule has 1 aliphatic heterocycles. The maximum Gasteiger partial charge on any atom is 0.113 e. The van der Waals surface area contributed by atoms with Crippen LogP contribution < -0.4 is 10.4 Å². The van der Waals surface area contributed by atoms with Crippen molar-refractivity contribution in [2.45, 2.75) is 51.6 Å². The van der Waals surface area contributed by atoms with Gasteiger partial charge in [-0.1, -0.05) is 235 Å². The Morgan fingerprint density at radius 3 is 1.21 bits per heavy atom. The molecular weight excluding hydrogens is 869 g/mol. The molecule has 0 bridgehead atoms. The SMILES string of the molecule is CC1(C)c2ccccc2-c2ccc(-c3c4ccc(-c5ccc(-c6ccc(-c7ccccc7)cc6)cc5)cc4c(-c4ccc5c(c4)C(C)(C)c4ccccc4-5)c4cc5c(cc34)-c3ccccc3[Si]5(C)C)cc21. The number of rotatable bonds is 5. The lowest BCUT2D eigenvalue weighted by atomic mass is 9.79. The van der Waals surface area contributed by atoms with E-state index >= 15 is 0 Å². The fraction of sp³-hybridized carbons (Fsp3) is 0.114. The topological polar surface area (TPSA) is 0 Å². The van der Waals surface area contributed by atoms with Crippen LogP contribution in [0, 0.1) is 0 Å². The summed E-state index contributed by atoms with van der Waals surface area (Å²) in [6.45, 7) is 14.7. The van der Waals surface area contributed by atoms with E-state index in [-0.39, 0.29) is 10.8 Å². The van der Waals surface area contributed by atoms with Gasteiger partial charge in [-0.3, -0.25) is 0 Å². The van der Waals surface area contributed by atoms with Crippen LogP contribution in [0.3, 0.4) is 0 Å². The molecule has 0 atom stereocenters. The second-order valence-corrected chi connectivity index (χ2v) is 26.3. The van der Waals surface area contributed by atoms with Crippen molar-refractivity contribution in [1.29, 1.82) is 0 Å². The van der Waals surface area contributed by atoms with Crippen LogP contribution in [0.2, 0.25) is 13.1 Å². The standard InChI is InChI=1S/C70H54Si/c1-69(2)61-21-13-10-18-51(61)53-35-33-49(39-63(53)69)67-56-37-32-48(47-30-28-46(29-31-47)45-26-24-44(25-27-45)43-16-8-7-9-17-43)38-58(56)68(50-34-36-54-52-19-11-14-22-62(52)70(3,4)64(54)40-50)60-42-66-57(41-59(60)67)55-20-12-15-23-65(55)71(66,5)6/h7-42H,1-6H3. The zero-order valence-corrected chi connectivity index (χ0v) is 42.3. The van der Waals surface area contributed by atoms with Gasteiger partial charge >= 0.3 is 0 Å². The molecule has 71 heavy (non-hydrogen) atoms. The van der Waals surface area contributed by atoms with E-state index in [9.17, 15) is 0 Å². The van der Waals surface area contributed by atoms with Gasteiger partial charge in [0.2, 0.25) is 0 Å². The second-order valence-electron chi connectivity index (χ2n) is 22.0. The van der Waals surface area contributed by atoms with Crippen LogP contribution >= 0.6 is 0 Å². The van der Waals surface area contributed by atoms with E-state index < -0.39 is 8.07 Å². The Balaban J connectivity index is 1.03. The summed E-state index contributed by atoms with van der Waals surface area (Å²) in [6.07, 6.45) is 0. The van der Waals surface area contributed by atoms with Gasteiger partial charge in [-0.25, -0.2) is 0 Å². The fourth-order valence-corrected chi connectivity index (χ4v) is 16.4. The van der Waals surface area contributed by atoms with E-state index in [1.165, 1.54) is 143 Å². The summed E-state index contributed by atoms with van der Waals surface area (Å²) in [7, 11) is -2.06. The maximum atomic E-state index is 2.65. The van der Waals surface area contributed by atoms with Crippen molar-refractivity contribution in [3.05, 3.63) is 241 Å². The predicted molar refractivity (Wildman–Crippen MR) is 306 cm³/mol. The van der Waals surface area contributed by atoms with Crippen molar-refractivity contribution in [3.63, 3.8) is 0 Å². The Morgan fingerprint density at radius 1 is 0.254 bits per heavy atom. The molecule has 338 valence electrons. The molecule has 11 aromatic carbocycles. The lowest BCUT2D eigenvalue weighted by molar-refractivity contribution is 0.660. The summed E-state index contributed by atoms with van der Waals surface area (Å²) in [6, 6.07) is 83.5. The molecule has 0 amide bonds. The highest BCUT2D eigenvalue weighted by Gasteiger charge is 2.40. The summed E-state index contributed by atoms with van der Waals surface area (Å²) in [4.78, 5) is 0. The van der Waals surface area contributed by atoms with Gasteiger partial charge in [-0.2, -0.15) is 0 Å². The molecule has 0 spiro atoms. The summed E-state index contributed by atoms with van der Waals surface area (Å²) in [5, 5.41) is 8.29. The highest BCUT2D eigenvalue weighted by molar-refractivity contribution is 7.04. The third-order valence-corrected chi connectivity index (χ3v) is 20.6. The first kappa shape index (κ1) is 42.1. The minimum Gasteiger partial charge on any atom is -0.0623 e. The van der Waals surface area contributed by atoms with Gasteiger partial charge in [-0.15, -0.1) is 0 Å². The quantitative estimate of drug-likeness (QED) is 0.119. The van der Waals surface area contributed by atoms with Crippen LogP contribution in [0.1, 0.15) is 49.9 Å². The van der Waals surface area contributed by atoms with Gasteiger partial charge in [0.15, 0.2) is 0 Å². The summed E-state index contributed by atoms with van der Waals surface area (Å²) in [5.74, 6) is 0. The van der Waals surface area contributed by atoms with E-state index in [0.717, 1.165) is 0 Å². The number of hydrogen-bond acceptors (Lipinski definition) is 0. The molecule has 11 aromatic rings. The van der Waals surface area contributed by atoms with Crippen molar-refractivity contribution in [1.82, 2.24) is 0 Å². The highest BCUT2D eigenvalue weighted by Crippen LogP contribution is 2.54. The lowest BCUT2D eigenvalue weighted by Crippen LogP contribution is -2.49. The predicted octanol–water partition coefficient (Wildman–Crippen LogP) is 17.7. The molecule has 0 nitrogen and oxygen atoms in total. The Bertz CT molecular complexity index is 4030. The summed E-state index contributed by atoms with van der Waals surface area (Å²) in [5.41, 5.74) is 26.1. The molecule has 0 unspecified atom stereocenters. The molecule has 0 aromatic heterocycles. The Hall–Kier alpha value is -7.84. The van der Waals surface area contributed by atoms with E-state index in [1.807, 2.05) is 0 Å². The molecule has 0 N–H and O–H groups in total. The molecular formula is C70H54Si. The molecule has 1 heteroatoms. The van der Waals surface area contributed by atoms with Crippen molar-refractivity contribution >= 4 is 40.0 Å². The van der Waals surface area contributed by atoms with Crippen LogP contribution in [0.5, 0.6) is 0 Å². The number of hydrogen-bond donors (Lipinski definition) is 0. The van der Waals surface area contributed by atoms with Gasteiger partial charge in [0.05, 0.1) is 0 Å². The first-order valence-corrected chi connectivity index (χ1v) is 28.4. The third kappa shape index (κ3) is 6.09. The van der Waals surface area contributed by atoms with Gasteiger partial charge < -0.3 is 0 Å². The smallest absolute Gasteiger partial charge is 0.0623 e. The van der Waals surface area contributed by atoms with Crippen molar-refractivity contribution in [3.8, 4) is 89.0 Å². The fourth-order valence-electron chi connectivity index (χ4n) is 13.3. The average molecular weight is 923 g/mol. The first-order chi connectivity index (χ1) is 34.5. The molecule has 2 aliphatic carbocycles. The zero-order chi connectivity index (χ0) is 48.0. The van der Waals surface area contributed by atoms with Crippen molar-refractivity contribution < 1.29 is 0 Å². The first-order valence-electron chi connectivity index (χ1n) is 25.4. The van der Waals surface area contributed by atoms with Crippen LogP contribution in [0.25, 0.3) is 111 Å². The number of fused-ring (bicyclic) bond motifs is 11. The van der Waals surface area contributed by atoms with E-state index in [4.69, 9.17) is 0 Å². The molecule has 0 saturated carbocycles.